The van der Waals surface area contributed by atoms with Crippen molar-refractivity contribution in [3.8, 4) is 0 Å². The molecule has 0 aliphatic rings. The molecule has 5 nitrogen and oxygen atoms in total. The third-order valence-corrected chi connectivity index (χ3v) is 2.73. The largest absolute Gasteiger partial charge is 0.464 e. The molecule has 0 unspecified atom stereocenters. The zero-order valence-corrected chi connectivity index (χ0v) is 10.4. The van der Waals surface area contributed by atoms with Crippen LogP contribution in [0.3, 0.4) is 0 Å². The highest BCUT2D eigenvalue weighted by Gasteiger charge is 2.18. The summed E-state index contributed by atoms with van der Waals surface area (Å²) in [5, 5.41) is 7.33. The van der Waals surface area contributed by atoms with Gasteiger partial charge in [-0.2, -0.15) is 0 Å². The first-order valence-electron chi connectivity index (χ1n) is 5.46. The summed E-state index contributed by atoms with van der Waals surface area (Å²) in [6, 6.07) is 3.60. The quantitative estimate of drug-likeness (QED) is 0.794. The summed E-state index contributed by atoms with van der Waals surface area (Å²) in [6.45, 7) is 1.43. The van der Waals surface area contributed by atoms with Gasteiger partial charge in [-0.05, 0) is 19.1 Å². The number of nitrogens with zero attached hydrogens (tertiary/aromatic N) is 3. The van der Waals surface area contributed by atoms with E-state index in [4.69, 9.17) is 0 Å². The second kappa shape index (κ2) is 5.13. The van der Waals surface area contributed by atoms with E-state index in [1.807, 2.05) is 0 Å². The Morgan fingerprint density at radius 2 is 2.00 bits per heavy atom. The SMILES string of the molecule is COC(=O)c1nnn(Cc2c(F)cccc2F)c1C. The second-order valence-electron chi connectivity index (χ2n) is 3.87. The van der Waals surface area contributed by atoms with Crippen molar-refractivity contribution in [2.24, 2.45) is 0 Å². The average Bonchev–Trinajstić information content (AvgIpc) is 2.75. The molecule has 0 radical (unpaired) electrons. The number of esters is 1. The number of halogens is 2. The molecule has 1 heterocycles. The first kappa shape index (κ1) is 13.1. The monoisotopic (exact) mass is 267 g/mol. The summed E-state index contributed by atoms with van der Waals surface area (Å²) in [5.74, 6) is -1.98. The lowest BCUT2D eigenvalue weighted by atomic mass is 10.2. The lowest BCUT2D eigenvalue weighted by Gasteiger charge is -2.06. The van der Waals surface area contributed by atoms with E-state index in [1.165, 1.54) is 17.9 Å². The number of carbonyl (C=O) groups excluding carboxylic acids is 1. The number of aromatic nitrogens is 3. The van der Waals surface area contributed by atoms with Crippen molar-refractivity contribution in [1.82, 2.24) is 15.0 Å². The van der Waals surface area contributed by atoms with E-state index in [1.54, 1.807) is 6.92 Å². The number of methoxy groups -OCH3 is 1. The predicted octanol–water partition coefficient (Wildman–Crippen LogP) is 1.70. The Morgan fingerprint density at radius 3 is 2.58 bits per heavy atom. The standard InChI is InChI=1S/C12H11F2N3O2/c1-7-11(12(18)19-2)15-16-17(7)6-8-9(13)4-3-5-10(8)14/h3-5H,6H2,1-2H3. The summed E-state index contributed by atoms with van der Waals surface area (Å²) in [4.78, 5) is 11.3. The van der Waals surface area contributed by atoms with E-state index in [2.05, 4.69) is 15.0 Å². The summed E-state index contributed by atoms with van der Waals surface area (Å²) in [5.41, 5.74) is 0.278. The highest BCUT2D eigenvalue weighted by atomic mass is 19.1. The molecule has 100 valence electrons. The number of hydrogen-bond acceptors (Lipinski definition) is 4. The molecule has 0 spiro atoms. The van der Waals surface area contributed by atoms with Crippen LogP contribution in [-0.4, -0.2) is 28.1 Å². The fourth-order valence-corrected chi connectivity index (χ4v) is 1.63. The molecule has 0 N–H and O–H groups in total. The minimum absolute atomic E-state index is 0.0271. The van der Waals surface area contributed by atoms with Crippen molar-refractivity contribution in [3.05, 3.63) is 46.8 Å². The van der Waals surface area contributed by atoms with Gasteiger partial charge in [0.1, 0.15) is 11.6 Å². The van der Waals surface area contributed by atoms with Gasteiger partial charge >= 0.3 is 5.97 Å². The Morgan fingerprint density at radius 1 is 1.37 bits per heavy atom. The van der Waals surface area contributed by atoms with E-state index >= 15 is 0 Å². The number of benzene rings is 1. The van der Waals surface area contributed by atoms with E-state index in [0.717, 1.165) is 12.1 Å². The molecule has 0 aliphatic carbocycles. The van der Waals surface area contributed by atoms with Crippen LogP contribution in [0.5, 0.6) is 0 Å². The van der Waals surface area contributed by atoms with E-state index in [0.29, 0.717) is 5.69 Å². The normalized spacial score (nSPS) is 10.5. The van der Waals surface area contributed by atoms with Crippen molar-refractivity contribution < 1.29 is 18.3 Å². The van der Waals surface area contributed by atoms with Gasteiger partial charge in [0.05, 0.1) is 19.3 Å². The molecule has 2 aromatic rings. The Bertz CT molecular complexity index is 605. The number of carbonyl (C=O) groups is 1. The summed E-state index contributed by atoms with van der Waals surface area (Å²) in [7, 11) is 1.22. The fourth-order valence-electron chi connectivity index (χ4n) is 1.63. The van der Waals surface area contributed by atoms with Gasteiger partial charge in [-0.3, -0.25) is 0 Å². The van der Waals surface area contributed by atoms with Crippen LogP contribution in [0.25, 0.3) is 0 Å². The smallest absolute Gasteiger partial charge is 0.360 e. The maximum absolute atomic E-state index is 13.5. The number of hydrogen-bond donors (Lipinski definition) is 0. The Hall–Kier alpha value is -2.31. The summed E-state index contributed by atoms with van der Waals surface area (Å²) < 4.78 is 32.8. The zero-order chi connectivity index (χ0) is 14.0. The maximum atomic E-state index is 13.5. The topological polar surface area (TPSA) is 57.0 Å². The maximum Gasteiger partial charge on any atom is 0.360 e. The predicted molar refractivity (Wildman–Crippen MR) is 61.6 cm³/mol. The van der Waals surface area contributed by atoms with Crippen LogP contribution in [0.1, 0.15) is 21.7 Å². The molecule has 0 saturated carbocycles. The van der Waals surface area contributed by atoms with Crippen molar-refractivity contribution in [1.29, 1.82) is 0 Å². The first-order valence-corrected chi connectivity index (χ1v) is 5.46. The Kier molecular flexibility index (Phi) is 3.55. The average molecular weight is 267 g/mol. The van der Waals surface area contributed by atoms with E-state index < -0.39 is 17.6 Å². The minimum Gasteiger partial charge on any atom is -0.464 e. The highest BCUT2D eigenvalue weighted by Crippen LogP contribution is 2.15. The van der Waals surface area contributed by atoms with Crippen molar-refractivity contribution >= 4 is 5.97 Å². The molecule has 0 fully saturated rings. The lowest BCUT2D eigenvalue weighted by molar-refractivity contribution is 0.0593. The molecule has 19 heavy (non-hydrogen) atoms. The second-order valence-corrected chi connectivity index (χ2v) is 3.87. The van der Waals surface area contributed by atoms with Crippen LogP contribution in [0.4, 0.5) is 8.78 Å². The van der Waals surface area contributed by atoms with Crippen molar-refractivity contribution in [3.63, 3.8) is 0 Å². The molecule has 2 rings (SSSR count). The Balaban J connectivity index is 2.35. The van der Waals surface area contributed by atoms with Gasteiger partial charge in [0.25, 0.3) is 0 Å². The van der Waals surface area contributed by atoms with Gasteiger partial charge in [0.15, 0.2) is 5.69 Å². The molecular weight excluding hydrogens is 256 g/mol. The van der Waals surface area contributed by atoms with Crippen LogP contribution >= 0.6 is 0 Å². The van der Waals surface area contributed by atoms with E-state index in [-0.39, 0.29) is 17.8 Å². The van der Waals surface area contributed by atoms with Crippen LogP contribution in [0.15, 0.2) is 18.2 Å². The summed E-state index contributed by atoms with van der Waals surface area (Å²) in [6.07, 6.45) is 0. The molecule has 0 bridgehead atoms. The molecule has 0 amide bonds. The van der Waals surface area contributed by atoms with Crippen LogP contribution in [0.2, 0.25) is 0 Å². The molecular formula is C12H11F2N3O2. The molecule has 7 heteroatoms. The third-order valence-electron chi connectivity index (χ3n) is 2.73. The van der Waals surface area contributed by atoms with E-state index in [9.17, 15) is 13.6 Å². The zero-order valence-electron chi connectivity index (χ0n) is 10.4. The fraction of sp³-hybridized carbons (Fsp3) is 0.250. The molecule has 0 saturated heterocycles. The first-order chi connectivity index (χ1) is 9.04. The molecule has 1 aromatic carbocycles. The molecule has 0 atom stereocenters. The van der Waals surface area contributed by atoms with Crippen molar-refractivity contribution in [2.75, 3.05) is 7.11 Å². The number of ether oxygens (including phenoxy) is 1. The van der Waals surface area contributed by atoms with Crippen LogP contribution in [-0.2, 0) is 11.3 Å². The molecule has 1 aromatic heterocycles. The lowest BCUT2D eigenvalue weighted by Crippen LogP contribution is -2.09. The number of rotatable bonds is 3. The van der Waals surface area contributed by atoms with Gasteiger partial charge in [-0.15, -0.1) is 5.10 Å². The van der Waals surface area contributed by atoms with Gasteiger partial charge in [0, 0.05) is 5.56 Å². The van der Waals surface area contributed by atoms with Crippen LogP contribution in [0, 0.1) is 18.6 Å². The highest BCUT2D eigenvalue weighted by molar-refractivity contribution is 5.88. The van der Waals surface area contributed by atoms with Gasteiger partial charge in [-0.1, -0.05) is 11.3 Å². The van der Waals surface area contributed by atoms with Crippen LogP contribution < -0.4 is 0 Å². The molecule has 0 aliphatic heterocycles. The summed E-state index contributed by atoms with van der Waals surface area (Å²) >= 11 is 0. The van der Waals surface area contributed by atoms with Crippen molar-refractivity contribution in [2.45, 2.75) is 13.5 Å². The minimum atomic E-state index is -0.672. The van der Waals surface area contributed by atoms with Gasteiger partial charge < -0.3 is 4.74 Å². The van der Waals surface area contributed by atoms with Gasteiger partial charge in [-0.25, -0.2) is 18.3 Å². The van der Waals surface area contributed by atoms with Gasteiger partial charge in [0.2, 0.25) is 0 Å². The third kappa shape index (κ3) is 2.44. The Labute approximate surface area is 107 Å².